The molecule has 7 heteroatoms. The molecule has 3 nitrogen and oxygen atoms in total. The van der Waals surface area contributed by atoms with Gasteiger partial charge in [0.1, 0.15) is 10.8 Å². The fourth-order valence-corrected chi connectivity index (χ4v) is 0.856. The third-order valence-electron chi connectivity index (χ3n) is 1.28. The van der Waals surface area contributed by atoms with Crippen molar-refractivity contribution in [2.45, 2.75) is 6.18 Å². The van der Waals surface area contributed by atoms with E-state index in [-0.39, 0.29) is 5.15 Å². The Morgan fingerprint density at radius 1 is 1.50 bits per heavy atom. The van der Waals surface area contributed by atoms with Crippen LogP contribution in [0.5, 0.6) is 0 Å². The Hall–Kier alpha value is -0.910. The molecule has 0 atom stereocenters. The second-order valence-electron chi connectivity index (χ2n) is 2.17. The summed E-state index contributed by atoms with van der Waals surface area (Å²) in [6.07, 6.45) is -4.55. The lowest BCUT2D eigenvalue weighted by molar-refractivity contribution is -0.140. The van der Waals surface area contributed by atoms with E-state index in [1.807, 2.05) is 0 Å². The number of anilines is 1. The molecule has 0 aromatic carbocycles. The first-order valence-corrected chi connectivity index (χ1v) is 3.27. The predicted octanol–water partition coefficient (Wildman–Crippen LogP) is 1.67. The van der Waals surface area contributed by atoms with Crippen LogP contribution in [0.3, 0.4) is 0 Å². The average Bonchev–Trinajstić information content (AvgIpc) is 2.15. The zero-order chi connectivity index (χ0) is 9.52. The van der Waals surface area contributed by atoms with Crippen molar-refractivity contribution in [3.8, 4) is 0 Å². The van der Waals surface area contributed by atoms with E-state index in [1.54, 1.807) is 0 Å². The van der Waals surface area contributed by atoms with Gasteiger partial charge in [-0.1, -0.05) is 11.6 Å². The summed E-state index contributed by atoms with van der Waals surface area (Å²) < 4.78 is 37.0. The molecule has 12 heavy (non-hydrogen) atoms. The molecule has 0 saturated carbocycles. The highest BCUT2D eigenvalue weighted by molar-refractivity contribution is 6.32. The van der Waals surface area contributed by atoms with Gasteiger partial charge in [-0.05, 0) is 0 Å². The Morgan fingerprint density at radius 2 is 2.00 bits per heavy atom. The number of rotatable bonds is 0. The summed E-state index contributed by atoms with van der Waals surface area (Å²) in [5.74, 6) is 0. The van der Waals surface area contributed by atoms with Gasteiger partial charge in [0.15, 0.2) is 5.69 Å². The van der Waals surface area contributed by atoms with Crippen molar-refractivity contribution in [3.05, 3.63) is 10.8 Å². The maximum atomic E-state index is 12.0. The van der Waals surface area contributed by atoms with Crippen LogP contribution < -0.4 is 5.73 Å². The Morgan fingerprint density at radius 3 is 2.17 bits per heavy atom. The quantitative estimate of drug-likeness (QED) is 0.691. The van der Waals surface area contributed by atoms with Crippen LogP contribution in [0.4, 0.5) is 18.9 Å². The van der Waals surface area contributed by atoms with Crippen LogP contribution in [0.15, 0.2) is 0 Å². The molecular weight excluding hydrogens is 195 g/mol. The van der Waals surface area contributed by atoms with Gasteiger partial charge in [-0.25, -0.2) is 0 Å². The second-order valence-corrected chi connectivity index (χ2v) is 2.53. The van der Waals surface area contributed by atoms with Gasteiger partial charge in [-0.3, -0.25) is 4.68 Å². The largest absolute Gasteiger partial charge is 0.437 e. The monoisotopic (exact) mass is 199 g/mol. The highest BCUT2D eigenvalue weighted by Crippen LogP contribution is 2.35. The summed E-state index contributed by atoms with van der Waals surface area (Å²) in [6.45, 7) is 0. The molecule has 0 aliphatic carbocycles. The Bertz CT molecular complexity index is 304. The number of alkyl halides is 3. The van der Waals surface area contributed by atoms with Crippen LogP contribution in [0.2, 0.25) is 5.15 Å². The lowest BCUT2D eigenvalue weighted by atomic mass is 10.4. The highest BCUT2D eigenvalue weighted by Gasteiger charge is 2.37. The molecule has 1 rings (SSSR count). The summed E-state index contributed by atoms with van der Waals surface area (Å²) in [6, 6.07) is 0. The van der Waals surface area contributed by atoms with Gasteiger partial charge in [0.05, 0.1) is 0 Å². The predicted molar refractivity (Wildman–Crippen MR) is 37.6 cm³/mol. The summed E-state index contributed by atoms with van der Waals surface area (Å²) in [4.78, 5) is 0. The number of halogens is 4. The normalized spacial score (nSPS) is 12.1. The first kappa shape index (κ1) is 9.18. The van der Waals surface area contributed by atoms with E-state index in [4.69, 9.17) is 17.3 Å². The van der Waals surface area contributed by atoms with Crippen molar-refractivity contribution in [1.29, 1.82) is 0 Å². The Balaban J connectivity index is 3.28. The van der Waals surface area contributed by atoms with Crippen molar-refractivity contribution >= 4 is 17.3 Å². The van der Waals surface area contributed by atoms with Gasteiger partial charge < -0.3 is 5.73 Å². The molecule has 1 heterocycles. The second kappa shape index (κ2) is 2.55. The number of hydrogen-bond donors (Lipinski definition) is 1. The van der Waals surface area contributed by atoms with Crippen molar-refractivity contribution in [3.63, 3.8) is 0 Å². The molecule has 0 bridgehead atoms. The standard InChI is InChI=1S/C5H5ClF3N3/c1-12-4(6)2(10)3(11-12)5(7,8)9/h10H2,1H3. The Kier molecular flexibility index (Phi) is 1.95. The molecule has 0 saturated heterocycles. The van der Waals surface area contributed by atoms with Crippen LogP contribution in [-0.2, 0) is 13.2 Å². The molecule has 0 radical (unpaired) electrons. The average molecular weight is 200 g/mol. The van der Waals surface area contributed by atoms with E-state index in [1.165, 1.54) is 7.05 Å². The summed E-state index contributed by atoms with van der Waals surface area (Å²) >= 11 is 5.38. The van der Waals surface area contributed by atoms with E-state index in [0.717, 1.165) is 4.68 Å². The maximum Gasteiger partial charge on any atom is 0.437 e. The van der Waals surface area contributed by atoms with Crippen LogP contribution in [0.25, 0.3) is 0 Å². The molecule has 0 unspecified atom stereocenters. The number of aryl methyl sites for hydroxylation is 1. The fourth-order valence-electron chi connectivity index (χ4n) is 0.729. The maximum absolute atomic E-state index is 12.0. The zero-order valence-electron chi connectivity index (χ0n) is 5.98. The smallest absolute Gasteiger partial charge is 0.394 e. The van der Waals surface area contributed by atoms with Crippen molar-refractivity contribution < 1.29 is 13.2 Å². The molecule has 0 amide bonds. The van der Waals surface area contributed by atoms with E-state index in [0.29, 0.717) is 0 Å². The molecule has 0 spiro atoms. The van der Waals surface area contributed by atoms with Gasteiger partial charge in [0.25, 0.3) is 0 Å². The molecule has 1 aromatic rings. The van der Waals surface area contributed by atoms with E-state index in [2.05, 4.69) is 5.10 Å². The van der Waals surface area contributed by atoms with Crippen LogP contribution >= 0.6 is 11.6 Å². The fraction of sp³-hybridized carbons (Fsp3) is 0.400. The molecule has 0 fully saturated rings. The number of aromatic nitrogens is 2. The molecule has 0 aliphatic rings. The van der Waals surface area contributed by atoms with Gasteiger partial charge in [-0.15, -0.1) is 0 Å². The first-order valence-electron chi connectivity index (χ1n) is 2.89. The molecular formula is C5H5ClF3N3. The van der Waals surface area contributed by atoms with Crippen LogP contribution in [0.1, 0.15) is 5.69 Å². The van der Waals surface area contributed by atoms with Gasteiger partial charge in [0, 0.05) is 7.05 Å². The Labute approximate surface area is 70.9 Å². The lowest BCUT2D eigenvalue weighted by Crippen LogP contribution is -2.09. The minimum Gasteiger partial charge on any atom is -0.394 e. The van der Waals surface area contributed by atoms with Gasteiger partial charge >= 0.3 is 6.18 Å². The third kappa shape index (κ3) is 1.34. The first-order chi connectivity index (χ1) is 5.34. The van der Waals surface area contributed by atoms with Gasteiger partial charge in [-0.2, -0.15) is 18.3 Å². The highest BCUT2D eigenvalue weighted by atomic mass is 35.5. The summed E-state index contributed by atoms with van der Waals surface area (Å²) in [7, 11) is 1.29. The molecule has 2 N–H and O–H groups in total. The molecule has 68 valence electrons. The number of nitrogens with zero attached hydrogens (tertiary/aromatic N) is 2. The lowest BCUT2D eigenvalue weighted by Gasteiger charge is -2.01. The minimum atomic E-state index is -4.55. The SMILES string of the molecule is Cn1nc(C(F)(F)F)c(N)c1Cl. The topological polar surface area (TPSA) is 43.8 Å². The van der Waals surface area contributed by atoms with Crippen molar-refractivity contribution in [2.75, 3.05) is 5.73 Å². The summed E-state index contributed by atoms with van der Waals surface area (Å²) in [5, 5.41) is 2.91. The van der Waals surface area contributed by atoms with Gasteiger partial charge in [0.2, 0.25) is 0 Å². The van der Waals surface area contributed by atoms with E-state index < -0.39 is 17.6 Å². The van der Waals surface area contributed by atoms with Crippen molar-refractivity contribution in [2.24, 2.45) is 7.05 Å². The third-order valence-corrected chi connectivity index (χ3v) is 1.73. The molecule has 1 aromatic heterocycles. The minimum absolute atomic E-state index is 0.206. The number of hydrogen-bond acceptors (Lipinski definition) is 2. The number of nitrogen functional groups attached to an aromatic ring is 1. The summed E-state index contributed by atoms with van der Waals surface area (Å²) in [5.41, 5.74) is 3.38. The van der Waals surface area contributed by atoms with Crippen LogP contribution in [-0.4, -0.2) is 9.78 Å². The molecule has 0 aliphatic heterocycles. The van der Waals surface area contributed by atoms with Crippen LogP contribution in [0, 0.1) is 0 Å². The van der Waals surface area contributed by atoms with E-state index in [9.17, 15) is 13.2 Å². The zero-order valence-corrected chi connectivity index (χ0v) is 6.74. The van der Waals surface area contributed by atoms with Crippen molar-refractivity contribution in [1.82, 2.24) is 9.78 Å². The van der Waals surface area contributed by atoms with E-state index >= 15 is 0 Å². The number of nitrogens with two attached hydrogens (primary N) is 1.